The zero-order valence-electron chi connectivity index (χ0n) is 14.1. The second-order valence-corrected chi connectivity index (χ2v) is 6.86. The van der Waals surface area contributed by atoms with E-state index >= 15 is 0 Å². The van der Waals surface area contributed by atoms with Gasteiger partial charge in [0.25, 0.3) is 0 Å². The second kappa shape index (κ2) is 7.98. The van der Waals surface area contributed by atoms with Gasteiger partial charge in [-0.3, -0.25) is 4.79 Å². The lowest BCUT2D eigenvalue weighted by Crippen LogP contribution is -2.49. The Morgan fingerprint density at radius 1 is 1.18 bits per heavy atom. The Morgan fingerprint density at radius 2 is 1.77 bits per heavy atom. The lowest BCUT2D eigenvalue weighted by atomic mass is 9.81. The molecule has 0 spiro atoms. The van der Waals surface area contributed by atoms with Crippen LogP contribution in [0.15, 0.2) is 24.3 Å². The summed E-state index contributed by atoms with van der Waals surface area (Å²) < 4.78 is 0. The normalized spacial score (nSPS) is 22.8. The fourth-order valence-corrected chi connectivity index (χ4v) is 2.87. The van der Waals surface area contributed by atoms with Gasteiger partial charge in [-0.25, -0.2) is 0 Å². The number of piperidine rings is 1. The Labute approximate surface area is 140 Å². The van der Waals surface area contributed by atoms with E-state index in [0.29, 0.717) is 5.92 Å². The van der Waals surface area contributed by atoms with Crippen LogP contribution in [0.4, 0.5) is 0 Å². The number of halogens is 1. The summed E-state index contributed by atoms with van der Waals surface area (Å²) in [6, 6.07) is 8.63. The summed E-state index contributed by atoms with van der Waals surface area (Å²) in [7, 11) is 0. The highest BCUT2D eigenvalue weighted by atomic mass is 35.5. The quantitative estimate of drug-likeness (QED) is 0.884. The van der Waals surface area contributed by atoms with Crippen molar-refractivity contribution in [3.8, 4) is 0 Å². The van der Waals surface area contributed by atoms with E-state index in [1.54, 1.807) is 0 Å². The topological polar surface area (TPSA) is 41.1 Å². The van der Waals surface area contributed by atoms with Crippen LogP contribution in [0.2, 0.25) is 0 Å². The zero-order valence-corrected chi connectivity index (χ0v) is 14.9. The fourth-order valence-electron chi connectivity index (χ4n) is 2.87. The van der Waals surface area contributed by atoms with Gasteiger partial charge in [-0.05, 0) is 50.3 Å². The first-order valence-corrected chi connectivity index (χ1v) is 8.04. The smallest absolute Gasteiger partial charge is 0.227 e. The Hall–Kier alpha value is -1.06. The third kappa shape index (κ3) is 4.47. The molecule has 4 heteroatoms. The number of rotatable bonds is 4. The molecule has 3 nitrogen and oxygen atoms in total. The second-order valence-electron chi connectivity index (χ2n) is 6.86. The van der Waals surface area contributed by atoms with Crippen LogP contribution in [0.5, 0.6) is 0 Å². The minimum atomic E-state index is -0.273. The molecule has 1 aliphatic heterocycles. The fraction of sp³-hybridized carbons (Fsp3) is 0.611. The number of amides is 1. The highest BCUT2D eigenvalue weighted by Gasteiger charge is 2.35. The van der Waals surface area contributed by atoms with E-state index in [2.05, 4.69) is 62.6 Å². The highest BCUT2D eigenvalue weighted by Crippen LogP contribution is 2.27. The Balaban J connectivity index is 0.00000242. The van der Waals surface area contributed by atoms with Gasteiger partial charge in [0.2, 0.25) is 5.91 Å². The van der Waals surface area contributed by atoms with Crippen LogP contribution in [0.25, 0.3) is 0 Å². The van der Waals surface area contributed by atoms with Crippen LogP contribution in [0.3, 0.4) is 0 Å². The number of hydrogen-bond acceptors (Lipinski definition) is 2. The van der Waals surface area contributed by atoms with Gasteiger partial charge in [-0.2, -0.15) is 0 Å². The average molecular weight is 325 g/mol. The summed E-state index contributed by atoms with van der Waals surface area (Å²) in [4.78, 5) is 12.5. The maximum atomic E-state index is 12.5. The molecule has 1 aromatic rings. The lowest BCUT2D eigenvalue weighted by Gasteiger charge is -2.33. The number of carbonyl (C=O) groups excluding carboxylic acids is 1. The summed E-state index contributed by atoms with van der Waals surface area (Å²) in [6.07, 6.45) is 2.03. The maximum absolute atomic E-state index is 12.5. The van der Waals surface area contributed by atoms with Crippen molar-refractivity contribution in [1.29, 1.82) is 0 Å². The molecule has 2 N–H and O–H groups in total. The molecule has 0 aliphatic carbocycles. The number of benzene rings is 1. The predicted molar refractivity (Wildman–Crippen MR) is 94.5 cm³/mol. The van der Waals surface area contributed by atoms with Crippen molar-refractivity contribution < 1.29 is 4.79 Å². The van der Waals surface area contributed by atoms with E-state index < -0.39 is 0 Å². The molecule has 2 atom stereocenters. The van der Waals surface area contributed by atoms with Crippen molar-refractivity contribution in [3.63, 3.8) is 0 Å². The van der Waals surface area contributed by atoms with Crippen LogP contribution < -0.4 is 10.6 Å². The minimum Gasteiger partial charge on any atom is -0.349 e. The Kier molecular flexibility index (Phi) is 6.89. The predicted octanol–water partition coefficient (Wildman–Crippen LogP) is 3.80. The molecular weight excluding hydrogens is 296 g/mol. The third-order valence-corrected chi connectivity index (χ3v) is 4.60. The van der Waals surface area contributed by atoms with Crippen molar-refractivity contribution in [1.82, 2.24) is 10.6 Å². The Bertz CT molecular complexity index is 478. The van der Waals surface area contributed by atoms with Gasteiger partial charge in [0, 0.05) is 6.54 Å². The molecule has 124 valence electrons. The molecule has 1 amide bonds. The van der Waals surface area contributed by atoms with Crippen molar-refractivity contribution in [2.75, 3.05) is 13.1 Å². The first kappa shape index (κ1) is 19.0. The van der Waals surface area contributed by atoms with E-state index in [1.165, 1.54) is 11.1 Å². The minimum absolute atomic E-state index is 0. The van der Waals surface area contributed by atoms with E-state index in [9.17, 15) is 4.79 Å². The standard InChI is InChI=1S/C18H28N2O.ClH/c1-13(2)15-6-8-16(9-7-15)14(3)20-17(21)18(4)10-5-11-19-12-18;/h6-9,13-14,19H,5,10-12H2,1-4H3,(H,20,21);1H. The maximum Gasteiger partial charge on any atom is 0.227 e. The van der Waals surface area contributed by atoms with Gasteiger partial charge in [-0.15, -0.1) is 12.4 Å². The van der Waals surface area contributed by atoms with Crippen LogP contribution in [0.1, 0.15) is 63.6 Å². The van der Waals surface area contributed by atoms with Gasteiger partial charge in [0.15, 0.2) is 0 Å². The molecule has 2 rings (SSSR count). The van der Waals surface area contributed by atoms with E-state index in [1.807, 2.05) is 0 Å². The van der Waals surface area contributed by atoms with E-state index in [4.69, 9.17) is 0 Å². The number of nitrogens with one attached hydrogen (secondary N) is 2. The van der Waals surface area contributed by atoms with Crippen LogP contribution in [-0.4, -0.2) is 19.0 Å². The SMILES string of the molecule is CC(C)c1ccc(C(C)NC(=O)C2(C)CCCNC2)cc1.Cl. The van der Waals surface area contributed by atoms with Crippen LogP contribution in [-0.2, 0) is 4.79 Å². The van der Waals surface area contributed by atoms with Crippen molar-refractivity contribution in [2.24, 2.45) is 5.41 Å². The monoisotopic (exact) mass is 324 g/mol. The molecule has 0 bridgehead atoms. The molecule has 2 unspecified atom stereocenters. The molecule has 0 aromatic heterocycles. The van der Waals surface area contributed by atoms with E-state index in [0.717, 1.165) is 25.9 Å². The van der Waals surface area contributed by atoms with Gasteiger partial charge >= 0.3 is 0 Å². The van der Waals surface area contributed by atoms with Crippen molar-refractivity contribution in [2.45, 2.75) is 52.5 Å². The zero-order chi connectivity index (χ0) is 15.5. The van der Waals surface area contributed by atoms with Gasteiger partial charge < -0.3 is 10.6 Å². The first-order chi connectivity index (χ1) is 9.92. The van der Waals surface area contributed by atoms with Crippen molar-refractivity contribution >= 4 is 18.3 Å². The third-order valence-electron chi connectivity index (χ3n) is 4.60. The highest BCUT2D eigenvalue weighted by molar-refractivity contribution is 5.85. The van der Waals surface area contributed by atoms with Gasteiger partial charge in [-0.1, -0.05) is 38.1 Å². The molecule has 22 heavy (non-hydrogen) atoms. The lowest BCUT2D eigenvalue weighted by molar-refractivity contribution is -0.131. The van der Waals surface area contributed by atoms with Gasteiger partial charge in [0.1, 0.15) is 0 Å². The largest absolute Gasteiger partial charge is 0.349 e. The molecule has 1 heterocycles. The molecule has 0 saturated carbocycles. The summed E-state index contributed by atoms with van der Waals surface area (Å²) >= 11 is 0. The van der Waals surface area contributed by atoms with Crippen LogP contribution in [0, 0.1) is 5.41 Å². The summed E-state index contributed by atoms with van der Waals surface area (Å²) in [5.74, 6) is 0.700. The molecular formula is C18H29ClN2O. The molecule has 0 radical (unpaired) electrons. The summed E-state index contributed by atoms with van der Waals surface area (Å²) in [5.41, 5.74) is 2.23. The molecule has 1 aromatic carbocycles. The van der Waals surface area contributed by atoms with Crippen molar-refractivity contribution in [3.05, 3.63) is 35.4 Å². The van der Waals surface area contributed by atoms with E-state index in [-0.39, 0.29) is 29.8 Å². The van der Waals surface area contributed by atoms with Gasteiger partial charge in [0.05, 0.1) is 11.5 Å². The molecule has 1 aliphatic rings. The summed E-state index contributed by atoms with van der Waals surface area (Å²) in [6.45, 7) is 10.3. The molecule has 1 saturated heterocycles. The first-order valence-electron chi connectivity index (χ1n) is 8.04. The number of carbonyl (C=O) groups is 1. The Morgan fingerprint density at radius 3 is 2.27 bits per heavy atom. The number of hydrogen-bond donors (Lipinski definition) is 2. The summed E-state index contributed by atoms with van der Waals surface area (Å²) in [5, 5.41) is 6.50. The molecule has 1 fully saturated rings. The average Bonchev–Trinajstić information content (AvgIpc) is 2.48. The van der Waals surface area contributed by atoms with Crippen LogP contribution >= 0.6 is 12.4 Å².